The van der Waals surface area contributed by atoms with Crippen LogP contribution in [0.3, 0.4) is 0 Å². The van der Waals surface area contributed by atoms with E-state index in [1.807, 2.05) is 0 Å². The molecule has 0 unspecified atom stereocenters. The van der Waals surface area contributed by atoms with Gasteiger partial charge < -0.3 is 4.42 Å². The molecule has 3 rings (SSSR count). The van der Waals surface area contributed by atoms with E-state index in [0.29, 0.717) is 11.1 Å². The molecular weight excluding hydrogens is 206 g/mol. The summed E-state index contributed by atoms with van der Waals surface area (Å²) in [5.41, 5.74) is 0.788. The highest BCUT2D eigenvalue weighted by atomic mass is 16.4. The van der Waals surface area contributed by atoms with Crippen LogP contribution < -0.4 is 5.56 Å². The molecule has 0 saturated carbocycles. The number of nitrogens with zero attached hydrogens (tertiary/aromatic N) is 3. The van der Waals surface area contributed by atoms with E-state index in [9.17, 15) is 4.79 Å². The van der Waals surface area contributed by atoms with E-state index < -0.39 is 5.56 Å². The lowest BCUT2D eigenvalue weighted by Gasteiger charge is -1.91. The number of hydrogen-bond acceptors (Lipinski definition) is 4. The summed E-state index contributed by atoms with van der Waals surface area (Å²) in [5.74, 6) is 0.199. The van der Waals surface area contributed by atoms with Crippen molar-refractivity contribution in [3.8, 4) is 6.07 Å². The van der Waals surface area contributed by atoms with Crippen LogP contribution in [0.25, 0.3) is 16.9 Å². The summed E-state index contributed by atoms with van der Waals surface area (Å²) >= 11 is 0. The molecule has 0 aliphatic heterocycles. The number of rotatable bonds is 0. The van der Waals surface area contributed by atoms with Crippen molar-refractivity contribution in [1.29, 1.82) is 5.26 Å². The minimum absolute atomic E-state index is 0.00375. The van der Waals surface area contributed by atoms with Crippen molar-refractivity contribution in [1.82, 2.24) is 9.38 Å². The summed E-state index contributed by atoms with van der Waals surface area (Å²) in [7, 11) is 0. The molecule has 76 valence electrons. The summed E-state index contributed by atoms with van der Waals surface area (Å²) in [5, 5.41) is 8.75. The molecule has 16 heavy (non-hydrogen) atoms. The molecule has 0 bridgehead atoms. The normalized spacial score (nSPS) is 10.7. The van der Waals surface area contributed by atoms with Crippen molar-refractivity contribution in [2.24, 2.45) is 0 Å². The fourth-order valence-corrected chi connectivity index (χ4v) is 1.63. The molecule has 0 radical (unpaired) electrons. The molecule has 0 N–H and O–H groups in total. The van der Waals surface area contributed by atoms with E-state index >= 15 is 0 Å². The second-order valence-electron chi connectivity index (χ2n) is 3.28. The molecule has 2 aromatic heterocycles. The Bertz CT molecular complexity index is 792. The lowest BCUT2D eigenvalue weighted by Crippen LogP contribution is -2.16. The predicted molar refractivity (Wildman–Crippen MR) is 55.9 cm³/mol. The molecule has 2 heterocycles. The van der Waals surface area contributed by atoms with Gasteiger partial charge in [-0.25, -0.2) is 9.38 Å². The first-order chi connectivity index (χ1) is 7.81. The van der Waals surface area contributed by atoms with Gasteiger partial charge in [0, 0.05) is 0 Å². The lowest BCUT2D eigenvalue weighted by atomic mass is 10.3. The first-order valence-electron chi connectivity index (χ1n) is 4.60. The van der Waals surface area contributed by atoms with E-state index in [2.05, 4.69) is 4.98 Å². The van der Waals surface area contributed by atoms with E-state index in [1.165, 1.54) is 10.6 Å². The number of para-hydroxylation sites is 2. The molecule has 0 saturated heterocycles. The number of fused-ring (bicyclic) bond motifs is 3. The van der Waals surface area contributed by atoms with Gasteiger partial charge in [-0.05, 0) is 12.1 Å². The molecule has 0 aliphatic carbocycles. The number of benzene rings is 1. The molecule has 0 atom stereocenters. The molecule has 0 amide bonds. The number of oxazole rings is 1. The van der Waals surface area contributed by atoms with Gasteiger partial charge in [-0.1, -0.05) is 12.1 Å². The summed E-state index contributed by atoms with van der Waals surface area (Å²) in [6.07, 6.45) is 1.22. The molecule has 3 aromatic rings. The summed E-state index contributed by atoms with van der Waals surface area (Å²) in [6, 6.07) is 8.90. The Morgan fingerprint density at radius 2 is 2.19 bits per heavy atom. The van der Waals surface area contributed by atoms with Crippen molar-refractivity contribution in [2.45, 2.75) is 0 Å². The molecule has 5 nitrogen and oxygen atoms in total. The van der Waals surface area contributed by atoms with Gasteiger partial charge in [0.25, 0.3) is 5.56 Å². The average molecular weight is 211 g/mol. The fraction of sp³-hybridized carbons (Fsp3) is 0. The van der Waals surface area contributed by atoms with Gasteiger partial charge in [0.1, 0.15) is 11.6 Å². The highest BCUT2D eigenvalue weighted by Crippen LogP contribution is 2.16. The van der Waals surface area contributed by atoms with Crippen LogP contribution in [0.1, 0.15) is 5.56 Å². The third kappa shape index (κ3) is 0.982. The van der Waals surface area contributed by atoms with Crippen LogP contribution in [-0.4, -0.2) is 9.38 Å². The minimum Gasteiger partial charge on any atom is -0.423 e. The highest BCUT2D eigenvalue weighted by Gasteiger charge is 2.11. The Morgan fingerprint density at radius 1 is 1.38 bits per heavy atom. The maximum Gasteiger partial charge on any atom is 0.309 e. The Labute approximate surface area is 89.2 Å². The quantitative estimate of drug-likeness (QED) is 0.562. The van der Waals surface area contributed by atoms with Crippen LogP contribution in [0.15, 0.2) is 39.7 Å². The average Bonchev–Trinajstić information content (AvgIpc) is 2.68. The van der Waals surface area contributed by atoms with Crippen LogP contribution in [0.4, 0.5) is 0 Å². The Morgan fingerprint density at radius 3 is 3.00 bits per heavy atom. The Kier molecular flexibility index (Phi) is 1.59. The number of aromatic nitrogens is 2. The number of hydrogen-bond donors (Lipinski definition) is 0. The Hall–Kier alpha value is -2.61. The summed E-state index contributed by atoms with van der Waals surface area (Å²) in [6.45, 7) is 0. The van der Waals surface area contributed by atoms with Gasteiger partial charge in [0.2, 0.25) is 0 Å². The zero-order valence-electron chi connectivity index (χ0n) is 8.04. The predicted octanol–water partition coefficient (Wildman–Crippen LogP) is 1.31. The largest absolute Gasteiger partial charge is 0.423 e. The zero-order chi connectivity index (χ0) is 11.1. The van der Waals surface area contributed by atoms with Gasteiger partial charge in [0.05, 0.1) is 11.7 Å². The monoisotopic (exact) mass is 211 g/mol. The zero-order valence-corrected chi connectivity index (χ0v) is 8.04. The molecule has 0 spiro atoms. The van der Waals surface area contributed by atoms with Gasteiger partial charge in [-0.2, -0.15) is 5.26 Å². The van der Waals surface area contributed by atoms with Crippen LogP contribution >= 0.6 is 0 Å². The van der Waals surface area contributed by atoms with Crippen molar-refractivity contribution in [2.75, 3.05) is 0 Å². The van der Waals surface area contributed by atoms with E-state index in [0.717, 1.165) is 0 Å². The maximum atomic E-state index is 11.9. The second-order valence-corrected chi connectivity index (χ2v) is 3.28. The molecule has 0 aliphatic rings. The van der Waals surface area contributed by atoms with Gasteiger partial charge in [-0.3, -0.25) is 4.79 Å². The smallest absolute Gasteiger partial charge is 0.309 e. The summed E-state index contributed by atoms with van der Waals surface area (Å²) in [4.78, 5) is 15.8. The topological polar surface area (TPSA) is 71.3 Å². The van der Waals surface area contributed by atoms with Crippen molar-refractivity contribution >= 4 is 16.9 Å². The first-order valence-corrected chi connectivity index (χ1v) is 4.60. The van der Waals surface area contributed by atoms with Gasteiger partial charge in [0.15, 0.2) is 5.58 Å². The molecule has 1 aromatic carbocycles. The van der Waals surface area contributed by atoms with Crippen molar-refractivity contribution < 1.29 is 4.42 Å². The minimum atomic E-state index is -0.405. The standard InChI is InChI=1S/C11H5N3O2/c12-5-7-6-13-11-14(10(7)15)8-3-1-2-4-9(8)16-11/h1-4,6H. The third-order valence-corrected chi connectivity index (χ3v) is 2.36. The molecular formula is C11H5N3O2. The van der Waals surface area contributed by atoms with Crippen LogP contribution in [-0.2, 0) is 0 Å². The van der Waals surface area contributed by atoms with Gasteiger partial charge >= 0.3 is 5.84 Å². The van der Waals surface area contributed by atoms with Crippen LogP contribution in [0.2, 0.25) is 0 Å². The molecule has 0 fully saturated rings. The van der Waals surface area contributed by atoms with Crippen LogP contribution in [0.5, 0.6) is 0 Å². The third-order valence-electron chi connectivity index (χ3n) is 2.36. The maximum absolute atomic E-state index is 11.9. The summed E-state index contributed by atoms with van der Waals surface area (Å²) < 4.78 is 6.67. The van der Waals surface area contributed by atoms with E-state index in [-0.39, 0.29) is 11.4 Å². The second kappa shape index (κ2) is 2.94. The van der Waals surface area contributed by atoms with Crippen LogP contribution in [0, 0.1) is 11.3 Å². The molecule has 5 heteroatoms. The Balaban J connectivity index is 2.65. The van der Waals surface area contributed by atoms with Crippen molar-refractivity contribution in [3.05, 3.63) is 46.4 Å². The highest BCUT2D eigenvalue weighted by molar-refractivity contribution is 5.76. The lowest BCUT2D eigenvalue weighted by molar-refractivity contribution is 0.633. The number of nitriles is 1. The fourth-order valence-electron chi connectivity index (χ4n) is 1.63. The first kappa shape index (κ1) is 8.68. The van der Waals surface area contributed by atoms with E-state index in [4.69, 9.17) is 9.68 Å². The SMILES string of the molecule is N#Cc1cnc2oc3ccccc3n2c1=O. The van der Waals surface area contributed by atoms with E-state index in [1.54, 1.807) is 30.3 Å². The van der Waals surface area contributed by atoms with Gasteiger partial charge in [-0.15, -0.1) is 0 Å². The van der Waals surface area contributed by atoms with Crippen molar-refractivity contribution in [3.63, 3.8) is 0 Å².